The van der Waals surface area contributed by atoms with E-state index < -0.39 is 0 Å². The second-order valence-corrected chi connectivity index (χ2v) is 7.11. The SMILES string of the molecule is CNCC(NC(=O)NCC(=O)N1CCCCC(=O)C1)C(C)(C)C. The van der Waals surface area contributed by atoms with Crippen LogP contribution in [0.4, 0.5) is 4.79 Å². The molecule has 0 spiro atoms. The van der Waals surface area contributed by atoms with E-state index in [2.05, 4.69) is 16.0 Å². The van der Waals surface area contributed by atoms with E-state index in [1.807, 2.05) is 27.8 Å². The minimum absolute atomic E-state index is 0.0534. The number of nitrogens with zero attached hydrogens (tertiary/aromatic N) is 1. The number of urea groups is 1. The van der Waals surface area contributed by atoms with Gasteiger partial charge in [-0.25, -0.2) is 4.79 Å². The van der Waals surface area contributed by atoms with Gasteiger partial charge in [0.25, 0.3) is 0 Å². The van der Waals surface area contributed by atoms with E-state index in [0.717, 1.165) is 12.8 Å². The van der Waals surface area contributed by atoms with Crippen LogP contribution in [0.25, 0.3) is 0 Å². The molecular formula is C16H30N4O3. The molecule has 3 N–H and O–H groups in total. The molecule has 1 heterocycles. The molecule has 23 heavy (non-hydrogen) atoms. The summed E-state index contributed by atoms with van der Waals surface area (Å²) < 4.78 is 0. The Morgan fingerprint density at radius 1 is 1.26 bits per heavy atom. The molecule has 0 aromatic heterocycles. The van der Waals surface area contributed by atoms with Gasteiger partial charge in [0.15, 0.2) is 5.78 Å². The lowest BCUT2D eigenvalue weighted by molar-refractivity contribution is -0.133. The summed E-state index contributed by atoms with van der Waals surface area (Å²) in [5.41, 5.74) is -0.0957. The zero-order chi connectivity index (χ0) is 17.5. The molecule has 7 heteroatoms. The highest BCUT2D eigenvalue weighted by molar-refractivity contribution is 5.89. The molecule has 1 unspecified atom stereocenters. The second kappa shape index (κ2) is 8.86. The minimum Gasteiger partial charge on any atom is -0.334 e. The maximum absolute atomic E-state index is 12.1. The first-order chi connectivity index (χ1) is 10.7. The number of amides is 3. The van der Waals surface area contributed by atoms with Gasteiger partial charge >= 0.3 is 6.03 Å². The molecule has 1 atom stereocenters. The van der Waals surface area contributed by atoms with Gasteiger partial charge < -0.3 is 20.9 Å². The molecule has 1 aliphatic rings. The van der Waals surface area contributed by atoms with Crippen LogP contribution in [-0.2, 0) is 9.59 Å². The second-order valence-electron chi connectivity index (χ2n) is 7.11. The molecule has 1 aliphatic heterocycles. The molecule has 0 aromatic rings. The van der Waals surface area contributed by atoms with Crippen LogP contribution in [0.3, 0.4) is 0 Å². The summed E-state index contributed by atoms with van der Waals surface area (Å²) in [6.45, 7) is 7.43. The monoisotopic (exact) mass is 326 g/mol. The van der Waals surface area contributed by atoms with E-state index in [0.29, 0.717) is 19.5 Å². The van der Waals surface area contributed by atoms with Crippen LogP contribution in [0.2, 0.25) is 0 Å². The van der Waals surface area contributed by atoms with Crippen molar-refractivity contribution in [3.8, 4) is 0 Å². The number of hydrogen-bond acceptors (Lipinski definition) is 4. The molecule has 7 nitrogen and oxygen atoms in total. The summed E-state index contributed by atoms with van der Waals surface area (Å²) in [5, 5.41) is 8.54. The Morgan fingerprint density at radius 2 is 1.96 bits per heavy atom. The van der Waals surface area contributed by atoms with Gasteiger partial charge in [0.1, 0.15) is 0 Å². The summed E-state index contributed by atoms with van der Waals surface area (Å²) in [7, 11) is 1.83. The van der Waals surface area contributed by atoms with E-state index >= 15 is 0 Å². The Balaban J connectivity index is 2.45. The Labute approximate surface area is 138 Å². The highest BCUT2D eigenvalue weighted by Crippen LogP contribution is 2.18. The predicted octanol–water partition coefficient (Wildman–Crippen LogP) is 0.501. The lowest BCUT2D eigenvalue weighted by atomic mass is 9.87. The number of hydrogen-bond donors (Lipinski definition) is 3. The zero-order valence-corrected chi connectivity index (χ0v) is 14.7. The van der Waals surface area contributed by atoms with Crippen molar-refractivity contribution in [2.24, 2.45) is 5.41 Å². The zero-order valence-electron chi connectivity index (χ0n) is 14.7. The minimum atomic E-state index is -0.366. The van der Waals surface area contributed by atoms with Crippen LogP contribution < -0.4 is 16.0 Å². The number of likely N-dealkylation sites (N-methyl/N-ethyl adjacent to an activating group) is 1. The quantitative estimate of drug-likeness (QED) is 0.686. The topological polar surface area (TPSA) is 90.5 Å². The van der Waals surface area contributed by atoms with E-state index in [1.54, 1.807) is 0 Å². The third-order valence-electron chi connectivity index (χ3n) is 4.01. The van der Waals surface area contributed by atoms with Crippen LogP contribution in [0.1, 0.15) is 40.0 Å². The van der Waals surface area contributed by atoms with Crippen molar-refractivity contribution in [1.29, 1.82) is 0 Å². The van der Waals surface area contributed by atoms with Crippen molar-refractivity contribution in [3.05, 3.63) is 0 Å². The molecule has 1 fully saturated rings. The maximum atomic E-state index is 12.1. The Morgan fingerprint density at radius 3 is 2.57 bits per heavy atom. The van der Waals surface area contributed by atoms with Crippen molar-refractivity contribution < 1.29 is 14.4 Å². The molecule has 0 aromatic carbocycles. The molecule has 0 saturated carbocycles. The standard InChI is InChI=1S/C16H30N4O3/c1-16(2,3)13(9-17-4)19-15(23)18-10-14(22)20-8-6-5-7-12(21)11-20/h13,17H,5-11H2,1-4H3,(H2,18,19,23). The highest BCUT2D eigenvalue weighted by Gasteiger charge is 2.26. The summed E-state index contributed by atoms with van der Waals surface area (Å²) in [6.07, 6.45) is 2.20. The number of nitrogens with one attached hydrogen (secondary N) is 3. The van der Waals surface area contributed by atoms with Gasteiger partial charge in [0, 0.05) is 25.6 Å². The number of carbonyl (C=O) groups is 3. The van der Waals surface area contributed by atoms with Gasteiger partial charge in [0.05, 0.1) is 13.1 Å². The van der Waals surface area contributed by atoms with Gasteiger partial charge in [-0.2, -0.15) is 0 Å². The summed E-state index contributed by atoms with van der Waals surface area (Å²) in [4.78, 5) is 37.2. The third-order valence-corrected chi connectivity index (χ3v) is 4.01. The molecule has 0 bridgehead atoms. The molecule has 132 valence electrons. The van der Waals surface area contributed by atoms with Gasteiger partial charge in [-0.3, -0.25) is 9.59 Å². The van der Waals surface area contributed by atoms with Crippen LogP contribution in [0.15, 0.2) is 0 Å². The smallest absolute Gasteiger partial charge is 0.315 e. The molecule has 1 saturated heterocycles. The van der Waals surface area contributed by atoms with Crippen LogP contribution >= 0.6 is 0 Å². The van der Waals surface area contributed by atoms with Crippen molar-refractivity contribution in [2.75, 3.05) is 33.2 Å². The average molecular weight is 326 g/mol. The largest absolute Gasteiger partial charge is 0.334 e. The fourth-order valence-electron chi connectivity index (χ4n) is 2.46. The Bertz CT molecular complexity index is 432. The van der Waals surface area contributed by atoms with E-state index in [4.69, 9.17) is 0 Å². The number of ketones is 1. The van der Waals surface area contributed by atoms with E-state index in [1.165, 1.54) is 4.90 Å². The van der Waals surface area contributed by atoms with Crippen LogP contribution in [-0.4, -0.2) is 61.9 Å². The number of likely N-dealkylation sites (tertiary alicyclic amines) is 1. The summed E-state index contributed by atoms with van der Waals surface area (Å²) in [6, 6.07) is -0.419. The first-order valence-corrected chi connectivity index (χ1v) is 8.22. The maximum Gasteiger partial charge on any atom is 0.315 e. The molecule has 0 aliphatic carbocycles. The average Bonchev–Trinajstić information content (AvgIpc) is 2.68. The Hall–Kier alpha value is -1.63. The van der Waals surface area contributed by atoms with E-state index in [9.17, 15) is 14.4 Å². The highest BCUT2D eigenvalue weighted by atomic mass is 16.2. The molecular weight excluding hydrogens is 296 g/mol. The lowest BCUT2D eigenvalue weighted by Gasteiger charge is -2.31. The molecule has 0 radical (unpaired) electrons. The van der Waals surface area contributed by atoms with Crippen LogP contribution in [0.5, 0.6) is 0 Å². The molecule has 1 rings (SSSR count). The Kier molecular flexibility index (Phi) is 7.48. The fraction of sp³-hybridized carbons (Fsp3) is 0.812. The van der Waals surface area contributed by atoms with Gasteiger partial charge in [-0.15, -0.1) is 0 Å². The molecule has 3 amide bonds. The normalized spacial score (nSPS) is 17.4. The fourth-order valence-corrected chi connectivity index (χ4v) is 2.46. The van der Waals surface area contributed by atoms with Crippen molar-refractivity contribution in [3.63, 3.8) is 0 Å². The van der Waals surface area contributed by atoms with Gasteiger partial charge in [0.2, 0.25) is 5.91 Å². The first-order valence-electron chi connectivity index (χ1n) is 8.22. The first kappa shape index (κ1) is 19.4. The lowest BCUT2D eigenvalue weighted by Crippen LogP contribution is -2.53. The number of carbonyl (C=O) groups excluding carboxylic acids is 3. The van der Waals surface area contributed by atoms with Crippen LogP contribution in [0, 0.1) is 5.41 Å². The van der Waals surface area contributed by atoms with Crippen molar-refractivity contribution >= 4 is 17.7 Å². The summed E-state index contributed by atoms with van der Waals surface area (Å²) >= 11 is 0. The van der Waals surface area contributed by atoms with E-state index in [-0.39, 0.29) is 42.3 Å². The predicted molar refractivity (Wildman–Crippen MR) is 89.1 cm³/mol. The van der Waals surface area contributed by atoms with Crippen molar-refractivity contribution in [2.45, 2.75) is 46.1 Å². The van der Waals surface area contributed by atoms with Crippen molar-refractivity contribution in [1.82, 2.24) is 20.9 Å². The van der Waals surface area contributed by atoms with Gasteiger partial charge in [-0.05, 0) is 25.3 Å². The van der Waals surface area contributed by atoms with Gasteiger partial charge in [-0.1, -0.05) is 20.8 Å². The number of rotatable bonds is 5. The number of Topliss-reactive ketones (excluding diaryl/α,β-unsaturated/α-hetero) is 1. The third kappa shape index (κ3) is 6.99. The summed E-state index contributed by atoms with van der Waals surface area (Å²) in [5.74, 6) is -0.126.